The second kappa shape index (κ2) is 11.4. The van der Waals surface area contributed by atoms with Crippen molar-refractivity contribution < 1.29 is 14.3 Å². The van der Waals surface area contributed by atoms with Gasteiger partial charge in [0.05, 0.1) is 19.2 Å². The largest absolute Gasteiger partial charge is 0.493 e. The number of methoxy groups -OCH3 is 1. The van der Waals surface area contributed by atoms with Gasteiger partial charge in [0.15, 0.2) is 16.5 Å². The predicted molar refractivity (Wildman–Crippen MR) is 148 cm³/mol. The van der Waals surface area contributed by atoms with E-state index in [1.807, 2.05) is 60.8 Å². The number of ether oxygens (including phenoxy) is 2. The lowest BCUT2D eigenvalue weighted by Crippen LogP contribution is -2.11. The molecule has 188 valence electrons. The smallest absolute Gasteiger partial charge is 0.257 e. The van der Waals surface area contributed by atoms with E-state index in [1.165, 1.54) is 0 Å². The third kappa shape index (κ3) is 5.40. The first-order valence-electron chi connectivity index (χ1n) is 11.8. The second-order valence-corrected chi connectivity index (χ2v) is 9.17. The molecule has 0 saturated carbocycles. The van der Waals surface area contributed by atoms with Crippen LogP contribution >= 0.6 is 11.3 Å². The van der Waals surface area contributed by atoms with Crippen molar-refractivity contribution in [2.24, 2.45) is 0 Å². The van der Waals surface area contributed by atoms with Crippen LogP contribution in [0.4, 0.5) is 5.13 Å². The van der Waals surface area contributed by atoms with E-state index >= 15 is 0 Å². The molecule has 1 amide bonds. The van der Waals surface area contributed by atoms with Crippen molar-refractivity contribution in [2.75, 3.05) is 19.0 Å². The van der Waals surface area contributed by atoms with Crippen molar-refractivity contribution in [2.45, 2.75) is 6.54 Å². The Labute approximate surface area is 223 Å². The van der Waals surface area contributed by atoms with E-state index in [9.17, 15) is 10.1 Å². The van der Waals surface area contributed by atoms with Gasteiger partial charge < -0.3 is 14.0 Å². The topological polar surface area (TPSA) is 102 Å². The summed E-state index contributed by atoms with van der Waals surface area (Å²) in [5, 5.41) is 22.6. The first-order chi connectivity index (χ1) is 18.7. The van der Waals surface area contributed by atoms with Gasteiger partial charge in [-0.15, -0.1) is 10.2 Å². The number of nitrogens with one attached hydrogen (secondary N) is 1. The maximum atomic E-state index is 12.4. The first kappa shape index (κ1) is 24.7. The fraction of sp³-hybridized carbons (Fsp3) is 0.103. The number of hydrogen-bond acceptors (Lipinski definition) is 7. The molecule has 0 aliphatic rings. The zero-order chi connectivity index (χ0) is 26.3. The normalized spacial score (nSPS) is 11.2. The van der Waals surface area contributed by atoms with E-state index in [0.29, 0.717) is 45.9 Å². The van der Waals surface area contributed by atoms with Gasteiger partial charge in [-0.2, -0.15) is 5.26 Å². The number of anilines is 1. The highest BCUT2D eigenvalue weighted by Crippen LogP contribution is 2.29. The molecule has 0 saturated heterocycles. The molecule has 0 atom stereocenters. The molecule has 0 radical (unpaired) electrons. The van der Waals surface area contributed by atoms with Gasteiger partial charge in [-0.05, 0) is 36.4 Å². The third-order valence-electron chi connectivity index (χ3n) is 5.81. The number of carbonyl (C=O) groups is 1. The van der Waals surface area contributed by atoms with Crippen LogP contribution in [0, 0.1) is 11.3 Å². The standard InChI is InChI=1S/C29H23N5O3S/c1-36-25-13-7-8-14-26(25)37-16-15-34-19-22(23-11-5-6-12-24(23)34)17-21(18-30)28-32-33-29(38-28)31-27(35)20-9-3-2-4-10-20/h2-14,17,19H,15-16H2,1H3,(H,31,33,35)/b21-17+. The average Bonchev–Trinajstić information content (AvgIpc) is 3.57. The Morgan fingerprint density at radius 3 is 2.55 bits per heavy atom. The van der Waals surface area contributed by atoms with Gasteiger partial charge in [0.1, 0.15) is 12.7 Å². The van der Waals surface area contributed by atoms with Gasteiger partial charge in [0.2, 0.25) is 5.13 Å². The monoisotopic (exact) mass is 521 g/mol. The summed E-state index contributed by atoms with van der Waals surface area (Å²) in [5.74, 6) is 1.09. The second-order valence-electron chi connectivity index (χ2n) is 8.20. The summed E-state index contributed by atoms with van der Waals surface area (Å²) in [4.78, 5) is 12.4. The number of amides is 1. The number of para-hydroxylation sites is 3. The highest BCUT2D eigenvalue weighted by Gasteiger charge is 2.15. The Morgan fingerprint density at radius 2 is 1.76 bits per heavy atom. The summed E-state index contributed by atoms with van der Waals surface area (Å²) >= 11 is 1.15. The minimum atomic E-state index is -0.283. The molecule has 8 nitrogen and oxygen atoms in total. The molecule has 5 rings (SSSR count). The molecule has 2 aromatic heterocycles. The lowest BCUT2D eigenvalue weighted by molar-refractivity contribution is 0.102. The average molecular weight is 522 g/mol. The number of allylic oxidation sites excluding steroid dienone is 1. The van der Waals surface area contributed by atoms with Crippen LogP contribution in [0.25, 0.3) is 22.6 Å². The van der Waals surface area contributed by atoms with Gasteiger partial charge in [-0.25, -0.2) is 0 Å². The maximum Gasteiger partial charge on any atom is 0.257 e. The summed E-state index contributed by atoms with van der Waals surface area (Å²) in [5.41, 5.74) is 2.77. The van der Waals surface area contributed by atoms with Crippen molar-refractivity contribution in [1.29, 1.82) is 5.26 Å². The fourth-order valence-corrected chi connectivity index (χ4v) is 4.71. The van der Waals surface area contributed by atoms with Gasteiger partial charge in [-0.1, -0.05) is 59.9 Å². The van der Waals surface area contributed by atoms with E-state index in [0.717, 1.165) is 27.8 Å². The van der Waals surface area contributed by atoms with Crippen molar-refractivity contribution in [3.63, 3.8) is 0 Å². The molecule has 1 N–H and O–H groups in total. The summed E-state index contributed by atoms with van der Waals surface area (Å²) < 4.78 is 13.4. The van der Waals surface area contributed by atoms with E-state index in [-0.39, 0.29) is 5.91 Å². The van der Waals surface area contributed by atoms with Crippen molar-refractivity contribution in [1.82, 2.24) is 14.8 Å². The molecule has 5 aromatic rings. The number of aromatic nitrogens is 3. The van der Waals surface area contributed by atoms with Crippen LogP contribution in [0.1, 0.15) is 20.9 Å². The molecular formula is C29H23N5O3S. The van der Waals surface area contributed by atoms with Crippen LogP contribution in [-0.2, 0) is 6.54 Å². The molecule has 0 aliphatic heterocycles. The maximum absolute atomic E-state index is 12.4. The number of nitriles is 1. The molecule has 0 spiro atoms. The number of carbonyl (C=O) groups excluding carboxylic acids is 1. The van der Waals surface area contributed by atoms with E-state index < -0.39 is 0 Å². The van der Waals surface area contributed by atoms with Crippen molar-refractivity contribution in [3.8, 4) is 17.6 Å². The van der Waals surface area contributed by atoms with E-state index in [4.69, 9.17) is 9.47 Å². The van der Waals surface area contributed by atoms with Crippen molar-refractivity contribution in [3.05, 3.63) is 101 Å². The van der Waals surface area contributed by atoms with Gasteiger partial charge in [0, 0.05) is 28.2 Å². The van der Waals surface area contributed by atoms with E-state index in [1.54, 1.807) is 37.5 Å². The molecule has 3 aromatic carbocycles. The van der Waals surface area contributed by atoms with E-state index in [2.05, 4.69) is 26.2 Å². The Kier molecular flexibility index (Phi) is 7.43. The first-order valence-corrected chi connectivity index (χ1v) is 12.6. The number of nitrogens with zero attached hydrogens (tertiary/aromatic N) is 4. The quantitative estimate of drug-likeness (QED) is 0.243. The molecule has 2 heterocycles. The zero-order valence-electron chi connectivity index (χ0n) is 20.5. The molecule has 0 fully saturated rings. The highest BCUT2D eigenvalue weighted by molar-refractivity contribution is 7.16. The van der Waals surface area contributed by atoms with Crippen LogP contribution in [0.3, 0.4) is 0 Å². The zero-order valence-corrected chi connectivity index (χ0v) is 21.3. The Morgan fingerprint density at radius 1 is 1.03 bits per heavy atom. The van der Waals surface area contributed by atoms with Crippen LogP contribution in [0.2, 0.25) is 0 Å². The highest BCUT2D eigenvalue weighted by atomic mass is 32.1. The predicted octanol–water partition coefficient (Wildman–Crippen LogP) is 5.90. The van der Waals surface area contributed by atoms with Crippen molar-refractivity contribution >= 4 is 44.9 Å². The fourth-order valence-electron chi connectivity index (χ4n) is 4.01. The summed E-state index contributed by atoms with van der Waals surface area (Å²) in [6.45, 7) is 1.04. The Bertz CT molecular complexity index is 1650. The van der Waals surface area contributed by atoms with Crippen LogP contribution in [0.5, 0.6) is 11.5 Å². The van der Waals surface area contributed by atoms with Crippen LogP contribution in [0.15, 0.2) is 85.1 Å². The molecule has 0 aliphatic carbocycles. The Hall–Kier alpha value is -4.94. The molecule has 0 bridgehead atoms. The third-order valence-corrected chi connectivity index (χ3v) is 6.68. The number of rotatable bonds is 9. The minimum Gasteiger partial charge on any atom is -0.493 e. The van der Waals surface area contributed by atoms with Gasteiger partial charge in [0.25, 0.3) is 5.91 Å². The Balaban J connectivity index is 1.36. The molecular weight excluding hydrogens is 498 g/mol. The lowest BCUT2D eigenvalue weighted by Gasteiger charge is -2.11. The molecule has 0 unspecified atom stereocenters. The van der Waals surface area contributed by atoms with Crippen LogP contribution < -0.4 is 14.8 Å². The molecule has 9 heteroatoms. The van der Waals surface area contributed by atoms with Gasteiger partial charge in [-0.3, -0.25) is 10.1 Å². The lowest BCUT2D eigenvalue weighted by atomic mass is 10.1. The molecule has 38 heavy (non-hydrogen) atoms. The van der Waals surface area contributed by atoms with Crippen LogP contribution in [-0.4, -0.2) is 34.4 Å². The SMILES string of the molecule is COc1ccccc1OCCn1cc(/C=C(\C#N)c2nnc(NC(=O)c3ccccc3)s2)c2ccccc21. The minimum absolute atomic E-state index is 0.283. The number of fused-ring (bicyclic) bond motifs is 1. The summed E-state index contributed by atoms with van der Waals surface area (Å²) in [6, 6.07) is 26.6. The number of benzene rings is 3. The summed E-state index contributed by atoms with van der Waals surface area (Å²) in [7, 11) is 1.62. The van der Waals surface area contributed by atoms with Gasteiger partial charge >= 0.3 is 0 Å². The summed E-state index contributed by atoms with van der Waals surface area (Å²) in [6.07, 6.45) is 3.79. The number of hydrogen-bond donors (Lipinski definition) is 1.